The quantitative estimate of drug-likeness (QED) is 0.777. The Balaban J connectivity index is 1.95. The summed E-state index contributed by atoms with van der Waals surface area (Å²) >= 11 is 1.44. The molecule has 0 bridgehead atoms. The number of thiazole rings is 1. The van der Waals surface area contributed by atoms with Gasteiger partial charge in [-0.3, -0.25) is 0 Å². The number of aromatic nitrogens is 1. The Hall–Kier alpha value is -1.28. The average Bonchev–Trinajstić information content (AvgIpc) is 2.96. The molecule has 0 aliphatic heterocycles. The Morgan fingerprint density at radius 3 is 2.76 bits per heavy atom. The maximum Gasteiger partial charge on any atom is 0.216 e. The molecule has 2 N–H and O–H groups in total. The van der Waals surface area contributed by atoms with Crippen LogP contribution in [0.5, 0.6) is 0 Å². The Bertz CT molecular complexity index is 655. The van der Waals surface area contributed by atoms with Gasteiger partial charge in [-0.25, -0.2) is 18.1 Å². The Labute approximate surface area is 129 Å². The Kier molecular flexibility index (Phi) is 5.86. The first-order chi connectivity index (χ1) is 10.1. The van der Waals surface area contributed by atoms with E-state index in [0.29, 0.717) is 0 Å². The van der Waals surface area contributed by atoms with Crippen LogP contribution in [-0.4, -0.2) is 19.9 Å². The third kappa shape index (κ3) is 5.55. The molecule has 2 rings (SSSR count). The monoisotopic (exact) mass is 325 g/mol. The van der Waals surface area contributed by atoms with Gasteiger partial charge in [-0.1, -0.05) is 31.2 Å². The van der Waals surface area contributed by atoms with Gasteiger partial charge in [0.25, 0.3) is 0 Å². The second-order valence-corrected chi connectivity index (χ2v) is 7.39. The third-order valence-corrected chi connectivity index (χ3v) is 4.93. The van der Waals surface area contributed by atoms with E-state index in [2.05, 4.69) is 15.0 Å². The van der Waals surface area contributed by atoms with Crippen LogP contribution in [0.1, 0.15) is 23.1 Å². The molecular weight excluding hydrogens is 306 g/mol. The van der Waals surface area contributed by atoms with Crippen molar-refractivity contribution in [2.24, 2.45) is 0 Å². The van der Waals surface area contributed by atoms with Crippen LogP contribution in [0.15, 0.2) is 35.8 Å². The number of nitrogens with zero attached hydrogens (tertiary/aromatic N) is 1. The molecule has 7 heteroatoms. The zero-order valence-corrected chi connectivity index (χ0v) is 13.5. The van der Waals surface area contributed by atoms with Gasteiger partial charge in [0.2, 0.25) is 10.0 Å². The summed E-state index contributed by atoms with van der Waals surface area (Å²) in [6.45, 7) is 3.92. The van der Waals surface area contributed by atoms with Gasteiger partial charge < -0.3 is 5.32 Å². The lowest BCUT2D eigenvalue weighted by Gasteiger charge is -2.08. The zero-order valence-electron chi connectivity index (χ0n) is 11.9. The molecule has 0 atom stereocenters. The fourth-order valence-electron chi connectivity index (χ4n) is 1.88. The molecule has 0 aliphatic carbocycles. The van der Waals surface area contributed by atoms with Gasteiger partial charge in [0, 0.05) is 18.1 Å². The number of hydrogen-bond acceptors (Lipinski definition) is 5. The lowest BCUT2D eigenvalue weighted by atomic mass is 10.1. The lowest BCUT2D eigenvalue weighted by Crippen LogP contribution is -2.24. The minimum atomic E-state index is -3.35. The molecule has 0 spiro atoms. The zero-order chi connectivity index (χ0) is 15.1. The van der Waals surface area contributed by atoms with Gasteiger partial charge in [-0.2, -0.15) is 0 Å². The van der Waals surface area contributed by atoms with Crippen LogP contribution in [0.4, 0.5) is 0 Å². The van der Waals surface area contributed by atoms with Crippen molar-refractivity contribution < 1.29 is 8.42 Å². The summed E-state index contributed by atoms with van der Waals surface area (Å²) in [7, 11) is -3.35. The van der Waals surface area contributed by atoms with Crippen LogP contribution in [0, 0.1) is 0 Å². The average molecular weight is 325 g/mol. The van der Waals surface area contributed by atoms with E-state index >= 15 is 0 Å². The van der Waals surface area contributed by atoms with Crippen molar-refractivity contribution >= 4 is 21.4 Å². The van der Waals surface area contributed by atoms with Gasteiger partial charge in [0.15, 0.2) is 0 Å². The number of hydrogen-bond donors (Lipinski definition) is 2. The molecule has 0 aliphatic rings. The van der Waals surface area contributed by atoms with Crippen molar-refractivity contribution in [2.45, 2.75) is 25.8 Å². The van der Waals surface area contributed by atoms with E-state index in [1.54, 1.807) is 6.20 Å². The Morgan fingerprint density at radius 2 is 2.05 bits per heavy atom. The maximum absolute atomic E-state index is 12.1. The van der Waals surface area contributed by atoms with Gasteiger partial charge in [0.1, 0.15) is 5.01 Å². The molecule has 0 radical (unpaired) electrons. The molecule has 21 heavy (non-hydrogen) atoms. The highest BCUT2D eigenvalue weighted by molar-refractivity contribution is 7.88. The number of sulfonamides is 1. The van der Waals surface area contributed by atoms with E-state index < -0.39 is 10.0 Å². The molecule has 0 unspecified atom stereocenters. The predicted molar refractivity (Wildman–Crippen MR) is 85.4 cm³/mol. The normalized spacial score (nSPS) is 11.7. The molecule has 2 aromatic rings. The van der Waals surface area contributed by atoms with Crippen LogP contribution in [0.25, 0.3) is 0 Å². The van der Waals surface area contributed by atoms with Gasteiger partial charge in [0.05, 0.1) is 12.3 Å². The summed E-state index contributed by atoms with van der Waals surface area (Å²) < 4.78 is 26.7. The summed E-state index contributed by atoms with van der Waals surface area (Å²) in [5.41, 5.74) is 1.88. The van der Waals surface area contributed by atoms with Crippen molar-refractivity contribution in [3.8, 4) is 0 Å². The van der Waals surface area contributed by atoms with Crippen LogP contribution in [0.2, 0.25) is 0 Å². The van der Waals surface area contributed by atoms with Crippen molar-refractivity contribution in [2.75, 3.05) is 6.54 Å². The standard InChI is InChI=1S/C14H19N3O2S2/c1-2-15-9-12-4-3-5-13(8-12)11-21(18,19)17-10-14-16-6-7-20-14/h3-8,15,17H,2,9-11H2,1H3. The number of nitrogens with one attached hydrogen (secondary N) is 2. The van der Waals surface area contributed by atoms with E-state index in [0.717, 1.165) is 29.2 Å². The third-order valence-electron chi connectivity index (χ3n) is 2.85. The first kappa shape index (κ1) is 16.1. The smallest absolute Gasteiger partial charge is 0.216 e. The molecule has 1 aromatic carbocycles. The summed E-state index contributed by atoms with van der Waals surface area (Å²) in [6, 6.07) is 7.63. The molecule has 1 aromatic heterocycles. The molecule has 0 fully saturated rings. The minimum Gasteiger partial charge on any atom is -0.313 e. The molecular formula is C14H19N3O2S2. The van der Waals surface area contributed by atoms with E-state index in [4.69, 9.17) is 0 Å². The van der Waals surface area contributed by atoms with Gasteiger partial charge in [-0.05, 0) is 17.7 Å². The number of rotatable bonds is 8. The summed E-state index contributed by atoms with van der Waals surface area (Å²) in [6.07, 6.45) is 1.67. The second kappa shape index (κ2) is 7.65. The molecule has 5 nitrogen and oxygen atoms in total. The Morgan fingerprint density at radius 1 is 1.24 bits per heavy atom. The SMILES string of the molecule is CCNCc1cccc(CS(=O)(=O)NCc2nccs2)c1. The first-order valence-electron chi connectivity index (χ1n) is 6.73. The molecule has 0 amide bonds. The van der Waals surface area contributed by atoms with Crippen molar-refractivity contribution in [1.29, 1.82) is 0 Å². The fourth-order valence-corrected chi connectivity index (χ4v) is 3.61. The van der Waals surface area contributed by atoms with Crippen molar-refractivity contribution in [3.63, 3.8) is 0 Å². The van der Waals surface area contributed by atoms with E-state index in [1.807, 2.05) is 36.6 Å². The highest BCUT2D eigenvalue weighted by Crippen LogP contribution is 2.10. The fraction of sp³-hybridized carbons (Fsp3) is 0.357. The highest BCUT2D eigenvalue weighted by atomic mass is 32.2. The van der Waals surface area contributed by atoms with Gasteiger partial charge in [-0.15, -0.1) is 11.3 Å². The largest absolute Gasteiger partial charge is 0.313 e. The van der Waals surface area contributed by atoms with E-state index in [9.17, 15) is 8.42 Å². The molecule has 114 valence electrons. The molecule has 0 saturated heterocycles. The van der Waals surface area contributed by atoms with Crippen LogP contribution in [-0.2, 0) is 28.9 Å². The maximum atomic E-state index is 12.1. The summed E-state index contributed by atoms with van der Waals surface area (Å²) in [5.74, 6) is -0.0155. The molecule has 0 saturated carbocycles. The lowest BCUT2D eigenvalue weighted by molar-refractivity contribution is 0.580. The van der Waals surface area contributed by atoms with Crippen LogP contribution >= 0.6 is 11.3 Å². The van der Waals surface area contributed by atoms with Crippen molar-refractivity contribution in [3.05, 3.63) is 52.0 Å². The van der Waals surface area contributed by atoms with E-state index in [1.165, 1.54) is 11.3 Å². The molecule has 1 heterocycles. The second-order valence-electron chi connectivity index (χ2n) is 4.61. The van der Waals surface area contributed by atoms with Crippen molar-refractivity contribution in [1.82, 2.24) is 15.0 Å². The topological polar surface area (TPSA) is 71.1 Å². The highest BCUT2D eigenvalue weighted by Gasteiger charge is 2.12. The number of benzene rings is 1. The summed E-state index contributed by atoms with van der Waals surface area (Å²) in [4.78, 5) is 4.06. The van der Waals surface area contributed by atoms with Gasteiger partial charge >= 0.3 is 0 Å². The minimum absolute atomic E-state index is 0.0155. The van der Waals surface area contributed by atoms with Crippen LogP contribution in [0.3, 0.4) is 0 Å². The summed E-state index contributed by atoms with van der Waals surface area (Å²) in [5, 5.41) is 5.82. The van der Waals surface area contributed by atoms with Crippen LogP contribution < -0.4 is 10.0 Å². The predicted octanol–water partition coefficient (Wildman–Crippen LogP) is 1.87. The van der Waals surface area contributed by atoms with E-state index in [-0.39, 0.29) is 12.3 Å². The first-order valence-corrected chi connectivity index (χ1v) is 9.26.